The van der Waals surface area contributed by atoms with E-state index in [-0.39, 0.29) is 0 Å². The standard InChI is InChI=1S/C18H13ClF3N.C4H9N.CH4O.CH2O/c19-16-3-1-2-13(10-16)14-8-9-23-17(11-14)12-4-6-15(7-5-12)18(20,21)22;1-4(2)5-3;2*1-2/h1-7,10-11H,8-9H2;1-3H3;2H,1H3;1H2. The van der Waals surface area contributed by atoms with Crippen molar-refractivity contribution < 1.29 is 23.1 Å². The smallest absolute Gasteiger partial charge is 0.400 e. The van der Waals surface area contributed by atoms with Gasteiger partial charge < -0.3 is 9.90 Å². The number of aliphatic hydroxyl groups is 1. The van der Waals surface area contributed by atoms with E-state index >= 15 is 0 Å². The first-order valence-corrected chi connectivity index (χ1v) is 9.90. The Balaban J connectivity index is 0.000000928. The molecule has 0 saturated carbocycles. The van der Waals surface area contributed by atoms with Crippen molar-refractivity contribution in [2.45, 2.75) is 26.4 Å². The minimum atomic E-state index is -4.32. The molecule has 174 valence electrons. The van der Waals surface area contributed by atoms with Crippen LogP contribution >= 0.6 is 11.6 Å². The van der Waals surface area contributed by atoms with Crippen LogP contribution < -0.4 is 0 Å². The molecule has 0 unspecified atom stereocenters. The van der Waals surface area contributed by atoms with Crippen molar-refractivity contribution in [1.29, 1.82) is 0 Å². The summed E-state index contributed by atoms with van der Waals surface area (Å²) in [6.07, 6.45) is -1.63. The van der Waals surface area contributed by atoms with Gasteiger partial charge in [0.1, 0.15) is 6.79 Å². The van der Waals surface area contributed by atoms with Crippen molar-refractivity contribution in [2.24, 2.45) is 9.98 Å². The number of halogens is 4. The Kier molecular flexibility index (Phi) is 13.8. The molecule has 2 aromatic rings. The first-order valence-electron chi connectivity index (χ1n) is 9.53. The predicted octanol–water partition coefficient (Wildman–Crippen LogP) is 6.16. The zero-order chi connectivity index (χ0) is 24.7. The molecule has 0 aliphatic carbocycles. The molecule has 32 heavy (non-hydrogen) atoms. The van der Waals surface area contributed by atoms with E-state index in [1.165, 1.54) is 12.1 Å². The van der Waals surface area contributed by atoms with Crippen molar-refractivity contribution in [3.05, 3.63) is 76.3 Å². The average molecular weight is 469 g/mol. The van der Waals surface area contributed by atoms with Gasteiger partial charge in [-0.1, -0.05) is 35.9 Å². The van der Waals surface area contributed by atoms with Crippen LogP contribution in [0.2, 0.25) is 5.02 Å². The highest BCUT2D eigenvalue weighted by Crippen LogP contribution is 2.30. The van der Waals surface area contributed by atoms with E-state index in [0.717, 1.165) is 42.5 Å². The van der Waals surface area contributed by atoms with Crippen LogP contribution in [-0.2, 0) is 11.0 Å². The van der Waals surface area contributed by atoms with E-state index in [4.69, 9.17) is 21.5 Å². The largest absolute Gasteiger partial charge is 0.416 e. The molecule has 0 aromatic heterocycles. The predicted molar refractivity (Wildman–Crippen MR) is 127 cm³/mol. The van der Waals surface area contributed by atoms with Crippen LogP contribution in [0.25, 0.3) is 5.57 Å². The number of dihydropyridines is 1. The van der Waals surface area contributed by atoms with Crippen molar-refractivity contribution in [3.8, 4) is 0 Å². The summed E-state index contributed by atoms with van der Waals surface area (Å²) in [6, 6.07) is 12.6. The number of nitrogens with zero attached hydrogens (tertiary/aromatic N) is 2. The zero-order valence-corrected chi connectivity index (χ0v) is 19.3. The molecular weight excluding hydrogens is 441 g/mol. The second kappa shape index (κ2) is 15.1. The lowest BCUT2D eigenvalue weighted by Gasteiger charge is -2.15. The van der Waals surface area contributed by atoms with Crippen molar-refractivity contribution >= 4 is 35.4 Å². The molecular formula is C24H28ClF3N2O2. The number of carbonyl (C=O) groups is 1. The summed E-state index contributed by atoms with van der Waals surface area (Å²) < 4.78 is 37.9. The normalized spacial score (nSPS) is 12.3. The second-order valence-electron chi connectivity index (χ2n) is 6.44. The number of rotatable bonds is 2. The van der Waals surface area contributed by atoms with Crippen molar-refractivity contribution in [3.63, 3.8) is 0 Å². The lowest BCUT2D eigenvalue weighted by Crippen LogP contribution is -2.08. The van der Waals surface area contributed by atoms with Crippen LogP contribution in [0.5, 0.6) is 0 Å². The van der Waals surface area contributed by atoms with Crippen molar-refractivity contribution in [2.75, 3.05) is 20.7 Å². The molecule has 4 nitrogen and oxygen atoms in total. The molecule has 0 fully saturated rings. The van der Waals surface area contributed by atoms with Crippen LogP contribution in [-0.4, -0.2) is 44.0 Å². The summed E-state index contributed by atoms with van der Waals surface area (Å²) in [5.74, 6) is 0. The molecule has 8 heteroatoms. The SMILES string of the molecule is C=O.CN=C(C)C.CO.FC(F)(F)c1ccc(C2=NCCC(c3cccc(Cl)c3)=C2)cc1. The number of aliphatic hydroxyl groups excluding tert-OH is 1. The van der Waals surface area contributed by atoms with E-state index in [9.17, 15) is 13.2 Å². The van der Waals surface area contributed by atoms with Crippen LogP contribution in [0.4, 0.5) is 13.2 Å². The molecule has 0 atom stereocenters. The Morgan fingerprint density at radius 2 is 1.62 bits per heavy atom. The molecule has 1 heterocycles. The van der Waals surface area contributed by atoms with Gasteiger partial charge in [-0.15, -0.1) is 0 Å². The second-order valence-corrected chi connectivity index (χ2v) is 6.88. The van der Waals surface area contributed by atoms with Gasteiger partial charge in [-0.25, -0.2) is 0 Å². The topological polar surface area (TPSA) is 62.0 Å². The van der Waals surface area contributed by atoms with E-state index < -0.39 is 11.7 Å². The lowest BCUT2D eigenvalue weighted by atomic mass is 9.96. The van der Waals surface area contributed by atoms with E-state index in [0.29, 0.717) is 22.8 Å². The molecule has 1 aliphatic heterocycles. The number of hydrogen-bond acceptors (Lipinski definition) is 4. The third kappa shape index (κ3) is 10.0. The first-order chi connectivity index (χ1) is 15.2. The number of carbonyl (C=O) groups excluding carboxylic acids is 1. The highest BCUT2D eigenvalue weighted by molar-refractivity contribution is 6.30. The Morgan fingerprint density at radius 3 is 2.09 bits per heavy atom. The van der Waals surface area contributed by atoms with Gasteiger partial charge in [0, 0.05) is 31.4 Å². The fraction of sp³-hybridized carbons (Fsp3) is 0.292. The lowest BCUT2D eigenvalue weighted by molar-refractivity contribution is -0.137. The number of benzene rings is 2. The number of aliphatic imine (C=N–C) groups is 2. The molecule has 0 radical (unpaired) electrons. The molecule has 0 saturated heterocycles. The van der Waals surface area contributed by atoms with E-state index in [1.54, 1.807) is 13.1 Å². The molecule has 0 amide bonds. The fourth-order valence-electron chi connectivity index (χ4n) is 2.50. The molecule has 0 bridgehead atoms. The minimum absolute atomic E-state index is 0.606. The summed E-state index contributed by atoms with van der Waals surface area (Å²) in [5, 5.41) is 7.65. The van der Waals surface area contributed by atoms with Gasteiger partial charge in [0.15, 0.2) is 0 Å². The van der Waals surface area contributed by atoms with Crippen LogP contribution in [0.1, 0.15) is 37.0 Å². The van der Waals surface area contributed by atoms with Crippen LogP contribution in [0.15, 0.2) is 64.6 Å². The van der Waals surface area contributed by atoms with Gasteiger partial charge in [0.05, 0.1) is 11.3 Å². The number of hydrogen-bond donors (Lipinski definition) is 1. The maximum absolute atomic E-state index is 12.6. The fourth-order valence-corrected chi connectivity index (χ4v) is 2.69. The van der Waals surface area contributed by atoms with Gasteiger partial charge in [0.2, 0.25) is 0 Å². The maximum atomic E-state index is 12.6. The molecule has 1 aliphatic rings. The van der Waals surface area contributed by atoms with Gasteiger partial charge in [-0.05, 0) is 67.3 Å². The molecule has 1 N–H and O–H groups in total. The van der Waals surface area contributed by atoms with Crippen molar-refractivity contribution in [1.82, 2.24) is 0 Å². The molecule has 3 rings (SSSR count). The van der Waals surface area contributed by atoms with Gasteiger partial charge >= 0.3 is 6.18 Å². The third-order valence-corrected chi connectivity index (χ3v) is 4.36. The molecule has 0 spiro atoms. The zero-order valence-electron chi connectivity index (χ0n) is 18.6. The summed E-state index contributed by atoms with van der Waals surface area (Å²) in [4.78, 5) is 16.2. The van der Waals surface area contributed by atoms with Crippen LogP contribution in [0.3, 0.4) is 0 Å². The quantitative estimate of drug-likeness (QED) is 0.537. The monoisotopic (exact) mass is 468 g/mol. The highest BCUT2D eigenvalue weighted by atomic mass is 35.5. The first kappa shape index (κ1) is 29.2. The van der Waals surface area contributed by atoms with Gasteiger partial charge in [-0.2, -0.15) is 13.2 Å². The Morgan fingerprint density at radius 1 is 1.06 bits per heavy atom. The Hall–Kier alpha value is -2.77. The molecule has 2 aromatic carbocycles. The maximum Gasteiger partial charge on any atom is 0.416 e. The van der Waals surface area contributed by atoms with Gasteiger partial charge in [0.25, 0.3) is 0 Å². The number of allylic oxidation sites excluding steroid dienone is 1. The highest BCUT2D eigenvalue weighted by Gasteiger charge is 2.30. The van der Waals surface area contributed by atoms with Crippen LogP contribution in [0, 0.1) is 0 Å². The van der Waals surface area contributed by atoms with Gasteiger partial charge in [-0.3, -0.25) is 9.98 Å². The number of alkyl halides is 3. The summed E-state index contributed by atoms with van der Waals surface area (Å²) in [6.45, 7) is 6.55. The average Bonchev–Trinajstić information content (AvgIpc) is 2.82. The summed E-state index contributed by atoms with van der Waals surface area (Å²) in [5.41, 5.74) is 3.94. The minimum Gasteiger partial charge on any atom is -0.400 e. The Labute approximate surface area is 192 Å². The van der Waals surface area contributed by atoms with E-state index in [2.05, 4.69) is 9.98 Å². The summed E-state index contributed by atoms with van der Waals surface area (Å²) >= 11 is 6.01. The van der Waals surface area contributed by atoms with E-state index in [1.807, 2.05) is 44.9 Å². The third-order valence-electron chi connectivity index (χ3n) is 4.12. The Bertz CT molecular complexity index is 918. The summed E-state index contributed by atoms with van der Waals surface area (Å²) in [7, 11) is 2.79.